The SMILES string of the molecule is COc1nc(N)c2c(n1)CCN(c1ccc(C(C)(C)CNC(=O)OC(C)(C)C)cc1)C2=O. The molecular weight excluding hydrogens is 410 g/mol. The molecule has 0 bridgehead atoms. The van der Waals surface area contributed by atoms with Crippen molar-refractivity contribution < 1.29 is 19.1 Å². The highest BCUT2D eigenvalue weighted by Gasteiger charge is 2.31. The van der Waals surface area contributed by atoms with E-state index >= 15 is 0 Å². The van der Waals surface area contributed by atoms with E-state index in [0.29, 0.717) is 30.8 Å². The number of nitrogens with one attached hydrogen (secondary N) is 1. The molecule has 9 nitrogen and oxygen atoms in total. The minimum absolute atomic E-state index is 0.118. The van der Waals surface area contributed by atoms with E-state index in [4.69, 9.17) is 15.2 Å². The summed E-state index contributed by atoms with van der Waals surface area (Å²) in [6.07, 6.45) is 0.105. The van der Waals surface area contributed by atoms with Crippen LogP contribution in [0.1, 0.15) is 56.2 Å². The van der Waals surface area contributed by atoms with E-state index in [2.05, 4.69) is 15.3 Å². The monoisotopic (exact) mass is 441 g/mol. The Morgan fingerprint density at radius 2 is 1.81 bits per heavy atom. The van der Waals surface area contributed by atoms with Crippen LogP contribution in [0.2, 0.25) is 0 Å². The highest BCUT2D eigenvalue weighted by Crippen LogP contribution is 2.30. The third-order valence-electron chi connectivity index (χ3n) is 5.24. The minimum atomic E-state index is -0.547. The molecule has 2 amide bonds. The van der Waals surface area contributed by atoms with Crippen LogP contribution in [0.15, 0.2) is 24.3 Å². The van der Waals surface area contributed by atoms with Gasteiger partial charge in [0, 0.05) is 30.6 Å². The lowest BCUT2D eigenvalue weighted by molar-refractivity contribution is 0.0517. The van der Waals surface area contributed by atoms with Crippen molar-refractivity contribution in [2.75, 3.05) is 30.8 Å². The van der Waals surface area contributed by atoms with Crippen molar-refractivity contribution in [1.29, 1.82) is 0 Å². The van der Waals surface area contributed by atoms with Gasteiger partial charge >= 0.3 is 12.1 Å². The average molecular weight is 442 g/mol. The van der Waals surface area contributed by atoms with Gasteiger partial charge in [-0.15, -0.1) is 0 Å². The summed E-state index contributed by atoms with van der Waals surface area (Å²) in [6, 6.07) is 7.88. The van der Waals surface area contributed by atoms with Crippen LogP contribution in [0, 0.1) is 0 Å². The van der Waals surface area contributed by atoms with Crippen LogP contribution < -0.4 is 20.7 Å². The lowest BCUT2D eigenvalue weighted by atomic mass is 9.84. The Balaban J connectivity index is 1.73. The maximum absolute atomic E-state index is 13.1. The van der Waals surface area contributed by atoms with Crippen molar-refractivity contribution in [3.63, 3.8) is 0 Å². The van der Waals surface area contributed by atoms with Crippen LogP contribution in [0.4, 0.5) is 16.3 Å². The Hall–Kier alpha value is -3.36. The first-order chi connectivity index (χ1) is 14.9. The molecule has 0 spiro atoms. The number of methoxy groups -OCH3 is 1. The quantitative estimate of drug-likeness (QED) is 0.732. The summed E-state index contributed by atoms with van der Waals surface area (Å²) in [5.41, 5.74) is 7.83. The fraction of sp³-hybridized carbons (Fsp3) is 0.478. The average Bonchev–Trinajstić information content (AvgIpc) is 2.71. The van der Waals surface area contributed by atoms with E-state index in [1.54, 1.807) is 4.90 Å². The number of amides is 2. The lowest BCUT2D eigenvalue weighted by Gasteiger charge is -2.30. The zero-order valence-corrected chi connectivity index (χ0v) is 19.5. The van der Waals surface area contributed by atoms with Gasteiger partial charge in [-0.3, -0.25) is 4.79 Å². The number of ether oxygens (including phenoxy) is 2. The lowest BCUT2D eigenvalue weighted by Crippen LogP contribution is -2.40. The first-order valence-electron chi connectivity index (χ1n) is 10.5. The van der Waals surface area contributed by atoms with Gasteiger partial charge < -0.3 is 25.4 Å². The predicted molar refractivity (Wildman–Crippen MR) is 122 cm³/mol. The van der Waals surface area contributed by atoms with Gasteiger partial charge in [-0.25, -0.2) is 4.79 Å². The number of fused-ring (bicyclic) bond motifs is 1. The summed E-state index contributed by atoms with van der Waals surface area (Å²) < 4.78 is 10.4. The summed E-state index contributed by atoms with van der Waals surface area (Å²) >= 11 is 0. The number of carbonyl (C=O) groups is 2. The molecule has 0 saturated heterocycles. The second-order valence-corrected chi connectivity index (χ2v) is 9.41. The molecule has 32 heavy (non-hydrogen) atoms. The summed E-state index contributed by atoms with van der Waals surface area (Å²) in [5.74, 6) is -0.113. The van der Waals surface area contributed by atoms with Crippen molar-refractivity contribution in [2.24, 2.45) is 0 Å². The van der Waals surface area contributed by atoms with E-state index in [-0.39, 0.29) is 23.2 Å². The fourth-order valence-electron chi connectivity index (χ4n) is 3.51. The highest BCUT2D eigenvalue weighted by molar-refractivity contribution is 6.10. The number of hydrogen-bond acceptors (Lipinski definition) is 7. The number of nitrogen functional groups attached to an aromatic ring is 1. The molecule has 2 aromatic rings. The van der Waals surface area contributed by atoms with Crippen molar-refractivity contribution in [1.82, 2.24) is 15.3 Å². The van der Waals surface area contributed by atoms with E-state index in [1.165, 1.54) is 7.11 Å². The maximum atomic E-state index is 13.1. The summed E-state index contributed by atoms with van der Waals surface area (Å²) in [7, 11) is 1.46. The van der Waals surface area contributed by atoms with Gasteiger partial charge in [-0.2, -0.15) is 9.97 Å². The van der Waals surface area contributed by atoms with Gasteiger partial charge in [0.1, 0.15) is 17.0 Å². The fourth-order valence-corrected chi connectivity index (χ4v) is 3.51. The van der Waals surface area contributed by atoms with Crippen molar-refractivity contribution >= 4 is 23.5 Å². The number of carbonyl (C=O) groups excluding carboxylic acids is 2. The number of hydrogen-bond donors (Lipinski definition) is 2. The molecule has 172 valence electrons. The number of benzene rings is 1. The molecule has 1 aliphatic rings. The maximum Gasteiger partial charge on any atom is 0.407 e. The van der Waals surface area contributed by atoms with Gasteiger partial charge in [-0.05, 0) is 38.5 Å². The third kappa shape index (κ3) is 5.09. The normalized spacial score (nSPS) is 14.1. The molecular formula is C23H31N5O4. The number of rotatable bonds is 5. The van der Waals surface area contributed by atoms with Crippen LogP contribution in [-0.2, 0) is 16.6 Å². The number of nitrogens with two attached hydrogens (primary N) is 1. The molecule has 1 aliphatic heterocycles. The minimum Gasteiger partial charge on any atom is -0.467 e. The Morgan fingerprint density at radius 3 is 2.41 bits per heavy atom. The van der Waals surface area contributed by atoms with E-state index in [9.17, 15) is 9.59 Å². The second-order valence-electron chi connectivity index (χ2n) is 9.41. The van der Waals surface area contributed by atoms with Gasteiger partial charge in [0.2, 0.25) is 0 Å². The van der Waals surface area contributed by atoms with Crippen molar-refractivity contribution in [3.05, 3.63) is 41.1 Å². The molecule has 0 unspecified atom stereocenters. The van der Waals surface area contributed by atoms with Gasteiger partial charge in [0.25, 0.3) is 5.91 Å². The summed E-state index contributed by atoms with van der Waals surface area (Å²) in [4.78, 5) is 35.0. The first-order valence-corrected chi connectivity index (χ1v) is 10.5. The number of nitrogens with zero attached hydrogens (tertiary/aromatic N) is 3. The Bertz CT molecular complexity index is 1010. The smallest absolute Gasteiger partial charge is 0.407 e. The van der Waals surface area contributed by atoms with Gasteiger partial charge in [0.15, 0.2) is 0 Å². The zero-order valence-electron chi connectivity index (χ0n) is 19.5. The molecule has 0 atom stereocenters. The Kier molecular flexibility index (Phi) is 6.29. The number of aromatic nitrogens is 2. The molecule has 0 saturated carbocycles. The van der Waals surface area contributed by atoms with Gasteiger partial charge in [-0.1, -0.05) is 26.0 Å². The van der Waals surface area contributed by atoms with Crippen LogP contribution in [-0.4, -0.2) is 47.8 Å². The van der Waals surface area contributed by atoms with E-state index in [0.717, 1.165) is 11.3 Å². The first kappa shape index (κ1) is 23.3. The summed E-state index contributed by atoms with van der Waals surface area (Å²) in [5, 5.41) is 2.83. The molecule has 3 rings (SSSR count). The largest absolute Gasteiger partial charge is 0.467 e. The van der Waals surface area contributed by atoms with Gasteiger partial charge in [0.05, 0.1) is 12.8 Å². The topological polar surface area (TPSA) is 120 Å². The zero-order chi connectivity index (χ0) is 23.7. The molecule has 0 fully saturated rings. The molecule has 1 aromatic heterocycles. The second kappa shape index (κ2) is 8.64. The molecule has 2 heterocycles. The number of alkyl carbamates (subject to hydrolysis) is 1. The van der Waals surface area contributed by atoms with E-state index < -0.39 is 11.7 Å². The van der Waals surface area contributed by atoms with Crippen LogP contribution >= 0.6 is 0 Å². The molecule has 1 aromatic carbocycles. The molecule has 3 N–H and O–H groups in total. The number of anilines is 2. The third-order valence-corrected chi connectivity index (χ3v) is 5.24. The molecule has 0 radical (unpaired) electrons. The van der Waals surface area contributed by atoms with Crippen molar-refractivity contribution in [3.8, 4) is 6.01 Å². The van der Waals surface area contributed by atoms with Crippen LogP contribution in [0.25, 0.3) is 0 Å². The Morgan fingerprint density at radius 1 is 1.16 bits per heavy atom. The van der Waals surface area contributed by atoms with Crippen molar-refractivity contribution in [2.45, 2.75) is 52.1 Å². The standard InChI is InChI=1S/C23H31N5O4/c1-22(2,3)32-21(30)25-13-23(4,5)14-7-9-15(10-8-14)28-12-11-16-17(19(28)29)18(24)27-20(26-16)31-6/h7-10H,11-13H2,1-6H3,(H,25,30)(H2,24,26,27). The van der Waals surface area contributed by atoms with Crippen LogP contribution in [0.5, 0.6) is 6.01 Å². The van der Waals surface area contributed by atoms with Crippen LogP contribution in [0.3, 0.4) is 0 Å². The Labute approximate surface area is 188 Å². The predicted octanol–water partition coefficient (Wildman–Crippen LogP) is 3.07. The summed E-state index contributed by atoms with van der Waals surface area (Å²) in [6.45, 7) is 10.4. The highest BCUT2D eigenvalue weighted by atomic mass is 16.6. The van der Waals surface area contributed by atoms with E-state index in [1.807, 2.05) is 58.9 Å². The molecule has 9 heteroatoms. The molecule has 0 aliphatic carbocycles.